The lowest BCUT2D eigenvalue weighted by atomic mass is 10.1. The molecule has 6 nitrogen and oxygen atoms in total. The second-order valence-corrected chi connectivity index (χ2v) is 6.66. The summed E-state index contributed by atoms with van der Waals surface area (Å²) in [6, 6.07) is 12.8. The van der Waals surface area contributed by atoms with E-state index < -0.39 is 0 Å². The summed E-state index contributed by atoms with van der Waals surface area (Å²) in [6.07, 6.45) is 1.74. The molecular formula is C19H19BrN4O2. The first-order valence-corrected chi connectivity index (χ1v) is 8.78. The second-order valence-electron chi connectivity index (χ2n) is 5.81. The first-order chi connectivity index (χ1) is 12.5. The van der Waals surface area contributed by atoms with E-state index in [-0.39, 0.29) is 6.03 Å². The molecule has 0 fully saturated rings. The summed E-state index contributed by atoms with van der Waals surface area (Å²) < 4.78 is 7.96. The standard InChI is InChI=1S/C19H19BrN4O2/c1-12-7-8-15(10-17(12)26-3)23-19(25)22-14-6-4-5-13(9-14)18-16(20)11-21-24(18)2/h4-11H,1-3H3,(H2,22,23,25). The maximum atomic E-state index is 12.3. The fraction of sp³-hybridized carbons (Fsp3) is 0.158. The van der Waals surface area contributed by atoms with Gasteiger partial charge in [0.2, 0.25) is 0 Å². The average Bonchev–Trinajstić information content (AvgIpc) is 2.95. The monoisotopic (exact) mass is 414 g/mol. The Labute approximate surface area is 160 Å². The van der Waals surface area contributed by atoms with Gasteiger partial charge in [-0.15, -0.1) is 0 Å². The van der Waals surface area contributed by atoms with Crippen LogP contribution in [0.15, 0.2) is 53.1 Å². The molecule has 0 bridgehead atoms. The average molecular weight is 415 g/mol. The minimum atomic E-state index is -0.322. The van der Waals surface area contributed by atoms with Crippen LogP contribution in [0.5, 0.6) is 5.75 Å². The number of carbonyl (C=O) groups excluding carboxylic acids is 1. The van der Waals surface area contributed by atoms with Crippen molar-refractivity contribution >= 4 is 33.3 Å². The van der Waals surface area contributed by atoms with Gasteiger partial charge in [-0.3, -0.25) is 4.68 Å². The van der Waals surface area contributed by atoms with E-state index in [2.05, 4.69) is 31.7 Å². The van der Waals surface area contributed by atoms with Crippen molar-refractivity contribution in [2.75, 3.05) is 17.7 Å². The number of hydrogen-bond acceptors (Lipinski definition) is 3. The van der Waals surface area contributed by atoms with Crippen LogP contribution in [0.25, 0.3) is 11.3 Å². The Morgan fingerprint density at radius 1 is 1.15 bits per heavy atom. The molecule has 0 spiro atoms. The number of aromatic nitrogens is 2. The van der Waals surface area contributed by atoms with Gasteiger partial charge in [0.1, 0.15) is 5.75 Å². The Hall–Kier alpha value is -2.80. The van der Waals surface area contributed by atoms with Gasteiger partial charge in [-0.25, -0.2) is 4.79 Å². The number of hydrogen-bond donors (Lipinski definition) is 2. The summed E-state index contributed by atoms with van der Waals surface area (Å²) in [4.78, 5) is 12.3. The van der Waals surface area contributed by atoms with Crippen molar-refractivity contribution in [3.8, 4) is 17.0 Å². The highest BCUT2D eigenvalue weighted by Gasteiger charge is 2.10. The number of anilines is 2. The van der Waals surface area contributed by atoms with E-state index in [0.717, 1.165) is 27.0 Å². The molecule has 1 heterocycles. The molecule has 134 valence electrons. The van der Waals surface area contributed by atoms with Gasteiger partial charge < -0.3 is 15.4 Å². The predicted octanol–water partition coefficient (Wildman–Crippen LogP) is 4.81. The molecule has 0 aliphatic heterocycles. The number of halogens is 1. The lowest BCUT2D eigenvalue weighted by Crippen LogP contribution is -2.19. The quantitative estimate of drug-likeness (QED) is 0.643. The third-order valence-corrected chi connectivity index (χ3v) is 4.53. The molecule has 0 saturated carbocycles. The van der Waals surface area contributed by atoms with Crippen LogP contribution in [-0.2, 0) is 7.05 Å². The first kappa shape index (κ1) is 18.0. The number of methoxy groups -OCH3 is 1. The highest BCUT2D eigenvalue weighted by molar-refractivity contribution is 9.10. The Morgan fingerprint density at radius 3 is 2.54 bits per heavy atom. The van der Waals surface area contributed by atoms with Gasteiger partial charge in [0.15, 0.2) is 0 Å². The van der Waals surface area contributed by atoms with E-state index in [0.29, 0.717) is 11.4 Å². The SMILES string of the molecule is COc1cc(NC(=O)Nc2cccc(-c3c(Br)cnn3C)c2)ccc1C. The van der Waals surface area contributed by atoms with E-state index in [1.54, 1.807) is 24.1 Å². The molecule has 0 unspecified atom stereocenters. The molecule has 2 aromatic carbocycles. The molecular weight excluding hydrogens is 396 g/mol. The molecule has 0 aliphatic carbocycles. The lowest BCUT2D eigenvalue weighted by Gasteiger charge is -2.11. The second kappa shape index (κ2) is 7.61. The summed E-state index contributed by atoms with van der Waals surface area (Å²) in [7, 11) is 3.48. The van der Waals surface area contributed by atoms with Crippen LogP contribution in [0.1, 0.15) is 5.56 Å². The van der Waals surface area contributed by atoms with E-state index in [9.17, 15) is 4.79 Å². The third-order valence-electron chi connectivity index (χ3n) is 3.95. The van der Waals surface area contributed by atoms with Crippen LogP contribution in [0.4, 0.5) is 16.2 Å². The number of nitrogens with one attached hydrogen (secondary N) is 2. The fourth-order valence-corrected chi connectivity index (χ4v) is 3.25. The minimum Gasteiger partial charge on any atom is -0.496 e. The zero-order chi connectivity index (χ0) is 18.7. The van der Waals surface area contributed by atoms with E-state index >= 15 is 0 Å². The van der Waals surface area contributed by atoms with Crippen molar-refractivity contribution in [2.45, 2.75) is 6.92 Å². The highest BCUT2D eigenvalue weighted by Crippen LogP contribution is 2.29. The topological polar surface area (TPSA) is 68.2 Å². The van der Waals surface area contributed by atoms with Gasteiger partial charge in [0, 0.05) is 30.1 Å². The summed E-state index contributed by atoms with van der Waals surface area (Å²) in [6.45, 7) is 1.95. The normalized spacial score (nSPS) is 10.5. The molecule has 0 radical (unpaired) electrons. The Morgan fingerprint density at radius 2 is 1.88 bits per heavy atom. The molecule has 26 heavy (non-hydrogen) atoms. The molecule has 2 N–H and O–H groups in total. The number of benzene rings is 2. The third kappa shape index (κ3) is 3.88. The van der Waals surface area contributed by atoms with E-state index in [1.165, 1.54) is 0 Å². The number of rotatable bonds is 4. The van der Waals surface area contributed by atoms with Gasteiger partial charge in [-0.2, -0.15) is 5.10 Å². The van der Waals surface area contributed by atoms with Crippen LogP contribution >= 0.6 is 15.9 Å². The number of amides is 2. The maximum absolute atomic E-state index is 12.3. The van der Waals surface area contributed by atoms with Crippen molar-refractivity contribution in [2.24, 2.45) is 7.05 Å². The Balaban J connectivity index is 1.75. The highest BCUT2D eigenvalue weighted by atomic mass is 79.9. The Bertz CT molecular complexity index is 933. The van der Waals surface area contributed by atoms with Crippen molar-refractivity contribution in [1.82, 2.24) is 9.78 Å². The lowest BCUT2D eigenvalue weighted by molar-refractivity contribution is 0.262. The maximum Gasteiger partial charge on any atom is 0.323 e. The minimum absolute atomic E-state index is 0.322. The van der Waals surface area contributed by atoms with Crippen molar-refractivity contribution in [3.05, 3.63) is 58.7 Å². The smallest absolute Gasteiger partial charge is 0.323 e. The molecule has 0 aliphatic rings. The molecule has 3 rings (SSSR count). The summed E-state index contributed by atoms with van der Waals surface area (Å²) in [5.74, 6) is 0.728. The number of aryl methyl sites for hydroxylation is 2. The summed E-state index contributed by atoms with van der Waals surface area (Å²) >= 11 is 3.50. The fourth-order valence-electron chi connectivity index (χ4n) is 2.67. The zero-order valence-electron chi connectivity index (χ0n) is 14.7. The summed E-state index contributed by atoms with van der Waals surface area (Å²) in [5, 5.41) is 9.88. The molecule has 7 heteroatoms. The van der Waals surface area contributed by atoms with Gasteiger partial charge in [-0.05, 0) is 46.6 Å². The molecule has 1 aromatic heterocycles. The molecule has 0 saturated heterocycles. The van der Waals surface area contributed by atoms with Crippen molar-refractivity contribution in [1.29, 1.82) is 0 Å². The number of urea groups is 1. The van der Waals surface area contributed by atoms with E-state index in [1.807, 2.05) is 50.4 Å². The van der Waals surface area contributed by atoms with E-state index in [4.69, 9.17) is 4.74 Å². The largest absolute Gasteiger partial charge is 0.496 e. The number of nitrogens with zero attached hydrogens (tertiary/aromatic N) is 2. The van der Waals surface area contributed by atoms with Crippen LogP contribution < -0.4 is 15.4 Å². The van der Waals surface area contributed by atoms with Gasteiger partial charge in [-0.1, -0.05) is 18.2 Å². The van der Waals surface area contributed by atoms with Crippen LogP contribution in [0.3, 0.4) is 0 Å². The zero-order valence-corrected chi connectivity index (χ0v) is 16.3. The molecule has 2 amide bonds. The van der Waals surface area contributed by atoms with Crippen molar-refractivity contribution < 1.29 is 9.53 Å². The number of carbonyl (C=O) groups is 1. The predicted molar refractivity (Wildman–Crippen MR) is 107 cm³/mol. The van der Waals surface area contributed by atoms with Gasteiger partial charge in [0.05, 0.1) is 23.5 Å². The van der Waals surface area contributed by atoms with Crippen LogP contribution in [0, 0.1) is 6.92 Å². The molecule has 3 aromatic rings. The van der Waals surface area contributed by atoms with Crippen LogP contribution in [0.2, 0.25) is 0 Å². The van der Waals surface area contributed by atoms with Gasteiger partial charge in [0.25, 0.3) is 0 Å². The van der Waals surface area contributed by atoms with Crippen LogP contribution in [-0.4, -0.2) is 22.9 Å². The first-order valence-electron chi connectivity index (χ1n) is 7.98. The Kier molecular flexibility index (Phi) is 5.27. The molecule has 0 atom stereocenters. The van der Waals surface area contributed by atoms with Gasteiger partial charge >= 0.3 is 6.03 Å². The summed E-state index contributed by atoms with van der Waals surface area (Å²) in [5.41, 5.74) is 4.25. The number of ether oxygens (including phenoxy) is 1. The van der Waals surface area contributed by atoms with Crippen molar-refractivity contribution in [3.63, 3.8) is 0 Å².